The van der Waals surface area contributed by atoms with Crippen LogP contribution in [0, 0.1) is 11.6 Å². The molecule has 0 fully saturated rings. The summed E-state index contributed by atoms with van der Waals surface area (Å²) in [6.07, 6.45) is 1.74. The Morgan fingerprint density at radius 3 is 2.10 bits per heavy atom. The number of hydrogen-bond acceptors (Lipinski definition) is 4. The molecule has 6 heteroatoms. The lowest BCUT2D eigenvalue weighted by Gasteiger charge is -2.18. The lowest BCUT2D eigenvalue weighted by molar-refractivity contribution is 0.303. The molecule has 21 heavy (non-hydrogen) atoms. The molecule has 1 aromatic heterocycles. The highest BCUT2D eigenvalue weighted by molar-refractivity contribution is 5.47. The Kier molecular flexibility index (Phi) is 7.97. The first-order chi connectivity index (χ1) is 10.1. The molecular weight excluding hydrogens is 274 g/mol. The largest absolute Gasteiger partial charge is 0.368 e. The van der Waals surface area contributed by atoms with E-state index in [-0.39, 0.29) is 11.6 Å². The second-order valence-corrected chi connectivity index (χ2v) is 4.88. The molecule has 0 radical (unpaired) electrons. The van der Waals surface area contributed by atoms with E-state index >= 15 is 0 Å². The van der Waals surface area contributed by atoms with Crippen molar-refractivity contribution in [3.05, 3.63) is 17.7 Å². The van der Waals surface area contributed by atoms with Crippen molar-refractivity contribution < 1.29 is 8.78 Å². The maximum Gasteiger partial charge on any atom is 0.168 e. The smallest absolute Gasteiger partial charge is 0.168 e. The summed E-state index contributed by atoms with van der Waals surface area (Å²) in [6, 6.07) is 0.873. The van der Waals surface area contributed by atoms with Gasteiger partial charge < -0.3 is 15.5 Å². The molecule has 0 saturated heterocycles. The zero-order chi connectivity index (χ0) is 15.7. The van der Waals surface area contributed by atoms with E-state index in [1.54, 1.807) is 0 Å². The van der Waals surface area contributed by atoms with Crippen molar-refractivity contribution >= 4 is 11.6 Å². The highest BCUT2D eigenvalue weighted by atomic mass is 19.1. The van der Waals surface area contributed by atoms with Gasteiger partial charge in [0.15, 0.2) is 23.3 Å². The van der Waals surface area contributed by atoms with E-state index in [9.17, 15) is 8.78 Å². The highest BCUT2D eigenvalue weighted by Gasteiger charge is 2.11. The molecule has 1 aromatic rings. The van der Waals surface area contributed by atoms with Crippen LogP contribution < -0.4 is 10.6 Å². The van der Waals surface area contributed by atoms with Crippen LogP contribution in [0.1, 0.15) is 33.6 Å². The number of hydrogen-bond donors (Lipinski definition) is 2. The summed E-state index contributed by atoms with van der Waals surface area (Å²) in [5.41, 5.74) is 0. The monoisotopic (exact) mass is 300 g/mol. The summed E-state index contributed by atoms with van der Waals surface area (Å²) in [5.74, 6) is -1.11. The third-order valence-electron chi connectivity index (χ3n) is 3.31. The Bertz CT molecular complexity index is 422. The number of halogens is 2. The predicted octanol–water partition coefficient (Wildman–Crippen LogP) is 3.33. The third-order valence-corrected chi connectivity index (χ3v) is 3.31. The molecule has 0 aromatic carbocycles. The normalized spacial score (nSPS) is 11.0. The van der Waals surface area contributed by atoms with Crippen LogP contribution in [0.5, 0.6) is 0 Å². The summed E-state index contributed by atoms with van der Waals surface area (Å²) in [4.78, 5) is 6.28. The predicted molar refractivity (Wildman–Crippen MR) is 83.8 cm³/mol. The van der Waals surface area contributed by atoms with Crippen LogP contribution in [0.25, 0.3) is 0 Å². The lowest BCUT2D eigenvalue weighted by atomic mass is 10.3. The average Bonchev–Trinajstić information content (AvgIpc) is 2.48. The van der Waals surface area contributed by atoms with E-state index in [2.05, 4.69) is 34.4 Å². The van der Waals surface area contributed by atoms with Crippen molar-refractivity contribution in [2.75, 3.05) is 43.4 Å². The van der Waals surface area contributed by atoms with Gasteiger partial charge in [0.05, 0.1) is 0 Å². The Morgan fingerprint density at radius 1 is 1.00 bits per heavy atom. The summed E-state index contributed by atoms with van der Waals surface area (Å²) in [5, 5.41) is 5.80. The first-order valence-electron chi connectivity index (χ1n) is 7.68. The molecule has 0 amide bonds. The topological polar surface area (TPSA) is 40.2 Å². The van der Waals surface area contributed by atoms with Crippen molar-refractivity contribution in [1.82, 2.24) is 9.88 Å². The third kappa shape index (κ3) is 5.83. The minimum atomic E-state index is -0.658. The zero-order valence-corrected chi connectivity index (χ0v) is 13.2. The van der Waals surface area contributed by atoms with Crippen LogP contribution >= 0.6 is 0 Å². The van der Waals surface area contributed by atoms with Gasteiger partial charge in [-0.05, 0) is 32.5 Å². The van der Waals surface area contributed by atoms with Crippen molar-refractivity contribution in [1.29, 1.82) is 0 Å². The van der Waals surface area contributed by atoms with Gasteiger partial charge in [-0.2, -0.15) is 0 Å². The van der Waals surface area contributed by atoms with Gasteiger partial charge in [0.25, 0.3) is 0 Å². The molecule has 120 valence electrons. The minimum absolute atomic E-state index is 0.101. The molecule has 2 N–H and O–H groups in total. The van der Waals surface area contributed by atoms with Gasteiger partial charge in [0, 0.05) is 19.2 Å². The fraction of sp³-hybridized carbons (Fsp3) is 0.667. The molecule has 0 spiro atoms. The molecule has 0 unspecified atom stereocenters. The van der Waals surface area contributed by atoms with Crippen LogP contribution in [-0.2, 0) is 0 Å². The zero-order valence-electron chi connectivity index (χ0n) is 13.2. The van der Waals surface area contributed by atoms with Gasteiger partial charge in [-0.1, -0.05) is 20.8 Å². The molecule has 1 rings (SSSR count). The van der Waals surface area contributed by atoms with Crippen LogP contribution in [0.4, 0.5) is 20.4 Å². The first-order valence-corrected chi connectivity index (χ1v) is 7.68. The number of nitrogens with zero attached hydrogens (tertiary/aromatic N) is 2. The molecule has 0 aliphatic carbocycles. The Labute approximate surface area is 125 Å². The van der Waals surface area contributed by atoms with Gasteiger partial charge in [-0.3, -0.25) is 0 Å². The number of rotatable bonds is 10. The van der Waals surface area contributed by atoms with Crippen LogP contribution in [-0.4, -0.2) is 42.6 Å². The standard InChI is InChI=1S/C15H26F2N4/c1-4-8-18-14-12(16)11-13(17)15(20-14)19-9-7-10-21(5-2)6-3/h11H,4-10H2,1-3H3,(H2,18,19,20). The van der Waals surface area contributed by atoms with Crippen LogP contribution in [0.3, 0.4) is 0 Å². The van der Waals surface area contributed by atoms with E-state index in [0.29, 0.717) is 13.1 Å². The Hall–Kier alpha value is -1.43. The number of anilines is 2. The quantitative estimate of drug-likeness (QED) is 0.650. The number of pyridine rings is 1. The molecule has 0 aliphatic rings. The van der Waals surface area contributed by atoms with E-state index < -0.39 is 11.6 Å². The first kappa shape index (κ1) is 17.6. The molecular formula is C15H26F2N4. The molecule has 4 nitrogen and oxygen atoms in total. The molecule has 1 heterocycles. The highest BCUT2D eigenvalue weighted by Crippen LogP contribution is 2.18. The molecule has 0 saturated carbocycles. The van der Waals surface area contributed by atoms with E-state index in [0.717, 1.165) is 38.5 Å². The maximum atomic E-state index is 13.7. The SMILES string of the molecule is CCCNc1nc(NCCCN(CC)CC)c(F)cc1F. The van der Waals surface area contributed by atoms with Crippen molar-refractivity contribution in [3.63, 3.8) is 0 Å². The van der Waals surface area contributed by atoms with Crippen molar-refractivity contribution in [2.24, 2.45) is 0 Å². The van der Waals surface area contributed by atoms with Crippen molar-refractivity contribution in [2.45, 2.75) is 33.6 Å². The average molecular weight is 300 g/mol. The van der Waals surface area contributed by atoms with Gasteiger partial charge in [-0.15, -0.1) is 0 Å². The fourth-order valence-corrected chi connectivity index (χ4v) is 2.01. The minimum Gasteiger partial charge on any atom is -0.368 e. The number of aromatic nitrogens is 1. The summed E-state index contributed by atoms with van der Waals surface area (Å²) in [6.45, 7) is 10.4. The Balaban J connectivity index is 2.54. The van der Waals surface area contributed by atoms with E-state index in [1.807, 2.05) is 6.92 Å². The molecule has 0 atom stereocenters. The fourth-order valence-electron chi connectivity index (χ4n) is 2.01. The summed E-state index contributed by atoms with van der Waals surface area (Å²) in [7, 11) is 0. The van der Waals surface area contributed by atoms with E-state index in [1.165, 1.54) is 0 Å². The Morgan fingerprint density at radius 2 is 1.57 bits per heavy atom. The van der Waals surface area contributed by atoms with Gasteiger partial charge >= 0.3 is 0 Å². The summed E-state index contributed by atoms with van der Waals surface area (Å²) < 4.78 is 27.2. The second kappa shape index (κ2) is 9.50. The molecule has 0 aliphatic heterocycles. The van der Waals surface area contributed by atoms with E-state index in [4.69, 9.17) is 0 Å². The lowest BCUT2D eigenvalue weighted by Crippen LogP contribution is -2.25. The summed E-state index contributed by atoms with van der Waals surface area (Å²) >= 11 is 0. The van der Waals surface area contributed by atoms with Gasteiger partial charge in [-0.25, -0.2) is 13.8 Å². The van der Waals surface area contributed by atoms with Gasteiger partial charge in [0.1, 0.15) is 0 Å². The molecule has 0 bridgehead atoms. The van der Waals surface area contributed by atoms with Gasteiger partial charge in [0.2, 0.25) is 0 Å². The van der Waals surface area contributed by atoms with Crippen LogP contribution in [0.2, 0.25) is 0 Å². The maximum absolute atomic E-state index is 13.7. The second-order valence-electron chi connectivity index (χ2n) is 4.88. The number of nitrogens with one attached hydrogen (secondary N) is 2. The van der Waals surface area contributed by atoms with Crippen LogP contribution in [0.15, 0.2) is 6.07 Å². The van der Waals surface area contributed by atoms with Crippen molar-refractivity contribution in [3.8, 4) is 0 Å².